The average molecular weight is 916 g/mol. The predicted octanol–water partition coefficient (Wildman–Crippen LogP) is 6.65. The van der Waals surface area contributed by atoms with Crippen LogP contribution in [0.5, 0.6) is 0 Å². The third-order valence-corrected chi connectivity index (χ3v) is 12.5. The Kier molecular flexibility index (Phi) is 16.2. The molecular formula is C51H65N9O7. The van der Waals surface area contributed by atoms with Crippen LogP contribution in [0.25, 0.3) is 33.3 Å². The van der Waals surface area contributed by atoms with E-state index in [4.69, 9.17) is 14.5 Å². The zero-order valence-corrected chi connectivity index (χ0v) is 40.2. The van der Waals surface area contributed by atoms with Gasteiger partial charge in [0.15, 0.2) is 0 Å². The van der Waals surface area contributed by atoms with E-state index in [1.807, 2.05) is 45.0 Å². The van der Waals surface area contributed by atoms with Crippen LogP contribution in [0.1, 0.15) is 87.9 Å². The Balaban J connectivity index is 1.36. The van der Waals surface area contributed by atoms with Crippen molar-refractivity contribution >= 4 is 46.8 Å². The molecule has 1 saturated heterocycles. The molecular weight excluding hydrogens is 851 g/mol. The third-order valence-electron chi connectivity index (χ3n) is 12.5. The minimum Gasteiger partial charge on any atom is -0.467 e. The van der Waals surface area contributed by atoms with Crippen molar-refractivity contribution in [3.05, 3.63) is 102 Å². The van der Waals surface area contributed by atoms with Gasteiger partial charge in [0.05, 0.1) is 30.3 Å². The average Bonchev–Trinajstić information content (AvgIpc) is 3.84. The largest absolute Gasteiger partial charge is 0.467 e. The molecule has 2 aromatic carbocycles. The number of carbonyl (C=O) groups is 5. The summed E-state index contributed by atoms with van der Waals surface area (Å²) in [6.45, 7) is 18.0. The van der Waals surface area contributed by atoms with E-state index in [9.17, 15) is 24.0 Å². The van der Waals surface area contributed by atoms with E-state index in [-0.39, 0.29) is 36.8 Å². The predicted molar refractivity (Wildman–Crippen MR) is 259 cm³/mol. The number of hydrogen-bond acceptors (Lipinski definition) is 10. The number of ether oxygens (including phenoxy) is 2. The Morgan fingerprint density at radius 3 is 2.46 bits per heavy atom. The minimum absolute atomic E-state index is 0.0215. The van der Waals surface area contributed by atoms with Crippen LogP contribution in [0, 0.1) is 11.3 Å². The first-order valence-corrected chi connectivity index (χ1v) is 22.9. The summed E-state index contributed by atoms with van der Waals surface area (Å²) in [5, 5.41) is 8.31. The van der Waals surface area contributed by atoms with Crippen LogP contribution in [-0.2, 0) is 55.1 Å². The number of hydrogen-bond donors (Lipinski definition) is 3. The highest BCUT2D eigenvalue weighted by Gasteiger charge is 2.36. The SMILES string of the molecule is C=CC(=O)Nc1cnc(C(=O)N(C)C(C(=O)NC(Cc2cccc(-c3ccc4c(c3)c(CC(C)(C)COC=O)c(-c3cccnc3C(C)OC)n4CC)c2)C(=O)N2CCCCN2)C(C)C)n1C. The van der Waals surface area contributed by atoms with E-state index in [1.54, 1.807) is 25.4 Å². The van der Waals surface area contributed by atoms with E-state index in [0.717, 1.165) is 69.0 Å². The number of anilines is 1. The highest BCUT2D eigenvalue weighted by Crippen LogP contribution is 2.42. The molecule has 1 aliphatic rings. The van der Waals surface area contributed by atoms with Gasteiger partial charge in [0.2, 0.25) is 17.6 Å². The molecule has 0 radical (unpaired) electrons. The molecule has 3 unspecified atom stereocenters. The maximum Gasteiger partial charge on any atom is 0.293 e. The molecule has 0 spiro atoms. The number of aromatic nitrogens is 4. The number of aryl methyl sites for hydroxylation is 1. The summed E-state index contributed by atoms with van der Waals surface area (Å²) < 4.78 is 14.9. The highest BCUT2D eigenvalue weighted by molar-refractivity contribution is 6.00. The number of hydrazine groups is 1. The van der Waals surface area contributed by atoms with Crippen LogP contribution in [0.3, 0.4) is 0 Å². The number of imidazole rings is 1. The van der Waals surface area contributed by atoms with Crippen molar-refractivity contribution in [2.75, 3.05) is 39.2 Å². The van der Waals surface area contributed by atoms with Gasteiger partial charge < -0.3 is 34.1 Å². The zero-order chi connectivity index (χ0) is 48.6. The summed E-state index contributed by atoms with van der Waals surface area (Å²) in [6.07, 6.45) is 6.53. The fourth-order valence-electron chi connectivity index (χ4n) is 9.01. The van der Waals surface area contributed by atoms with E-state index >= 15 is 0 Å². The van der Waals surface area contributed by atoms with Crippen LogP contribution < -0.4 is 16.1 Å². The molecule has 3 atom stereocenters. The van der Waals surface area contributed by atoms with Crippen molar-refractivity contribution in [2.24, 2.45) is 18.4 Å². The summed E-state index contributed by atoms with van der Waals surface area (Å²) in [4.78, 5) is 76.4. The third kappa shape index (κ3) is 11.1. The second-order valence-electron chi connectivity index (χ2n) is 18.3. The number of pyridine rings is 1. The maximum absolute atomic E-state index is 14.4. The van der Waals surface area contributed by atoms with Crippen molar-refractivity contribution in [1.29, 1.82) is 0 Å². The second kappa shape index (κ2) is 21.8. The molecule has 3 N–H and O–H groups in total. The maximum atomic E-state index is 14.4. The molecule has 1 aliphatic heterocycles. The lowest BCUT2D eigenvalue weighted by molar-refractivity contribution is -0.141. The number of methoxy groups -OCH3 is 1. The summed E-state index contributed by atoms with van der Waals surface area (Å²) in [5.74, 6) is -1.79. The smallest absolute Gasteiger partial charge is 0.293 e. The molecule has 4 heterocycles. The van der Waals surface area contributed by atoms with Crippen molar-refractivity contribution in [3.8, 4) is 22.4 Å². The quantitative estimate of drug-likeness (QED) is 0.0565. The minimum atomic E-state index is -0.971. The van der Waals surface area contributed by atoms with Crippen LogP contribution in [0.2, 0.25) is 0 Å². The van der Waals surface area contributed by atoms with Crippen molar-refractivity contribution in [3.63, 3.8) is 0 Å². The molecule has 16 heteroatoms. The first-order chi connectivity index (χ1) is 32.0. The normalized spacial score (nSPS) is 14.3. The summed E-state index contributed by atoms with van der Waals surface area (Å²) in [6, 6.07) is 16.5. The summed E-state index contributed by atoms with van der Waals surface area (Å²) in [5.41, 5.74) is 10.5. The molecule has 6 rings (SSSR count). The Labute approximate surface area is 393 Å². The van der Waals surface area contributed by atoms with Gasteiger partial charge in [0.1, 0.15) is 17.9 Å². The zero-order valence-electron chi connectivity index (χ0n) is 40.2. The first kappa shape index (κ1) is 49.8. The van der Waals surface area contributed by atoms with Crippen molar-refractivity contribution in [1.82, 2.24) is 39.8 Å². The van der Waals surface area contributed by atoms with E-state index in [0.29, 0.717) is 38.3 Å². The van der Waals surface area contributed by atoms with Crippen LogP contribution in [-0.4, -0.2) is 105 Å². The molecule has 1 fully saturated rings. The van der Waals surface area contributed by atoms with Crippen LogP contribution in [0.15, 0.2) is 79.6 Å². The molecule has 16 nitrogen and oxygen atoms in total. The molecule has 0 saturated carbocycles. The standard InChI is InChI=1S/C51H65N9O7/c1-11-43(62)56-42-29-53-47(57(42)8)50(65)58(9)45(32(3)4)48(63)55-40(49(64)60-24-14-13-23-54-60)26-34-17-15-18-35(25-34)36-20-21-41-38(27-36)39(28-51(6,7)30-67-31-61)46(59(41)12-2)37-19-16-22-52-44(37)33(5)66-10/h11,15-22,25,27,29,31-33,40,45,54H,1,12-14,23-24,26,28,30H2,2-10H3,(H,55,63)(H,56,62). The first-order valence-electron chi connectivity index (χ1n) is 22.9. The van der Waals surface area contributed by atoms with Crippen LogP contribution >= 0.6 is 0 Å². The fourth-order valence-corrected chi connectivity index (χ4v) is 9.01. The van der Waals surface area contributed by atoms with Crippen molar-refractivity contribution < 1.29 is 33.4 Å². The van der Waals surface area contributed by atoms with E-state index in [1.165, 1.54) is 22.7 Å². The van der Waals surface area contributed by atoms with E-state index < -0.39 is 35.2 Å². The number of benzene rings is 2. The van der Waals surface area contributed by atoms with Gasteiger partial charge in [0, 0.05) is 75.3 Å². The highest BCUT2D eigenvalue weighted by atomic mass is 16.5. The van der Waals surface area contributed by atoms with Crippen molar-refractivity contribution in [2.45, 2.75) is 92.0 Å². The number of likely N-dealkylation sites (N-methyl/N-ethyl adjacent to an activating group) is 1. The van der Waals surface area contributed by atoms with Gasteiger partial charge in [-0.1, -0.05) is 64.6 Å². The summed E-state index contributed by atoms with van der Waals surface area (Å²) >= 11 is 0. The monoisotopic (exact) mass is 916 g/mol. The lowest BCUT2D eigenvalue weighted by atomic mass is 9.84. The van der Waals surface area contributed by atoms with Gasteiger partial charge in [-0.3, -0.25) is 34.0 Å². The lowest BCUT2D eigenvalue weighted by Crippen LogP contribution is -2.59. The fraction of sp³-hybridized carbons (Fsp3) is 0.431. The molecule has 356 valence electrons. The number of nitrogens with one attached hydrogen (secondary N) is 3. The Bertz CT molecular complexity index is 2610. The molecule has 0 bridgehead atoms. The van der Waals surface area contributed by atoms with Crippen LogP contribution in [0.4, 0.5) is 5.82 Å². The Morgan fingerprint density at radius 1 is 1.03 bits per heavy atom. The van der Waals surface area contributed by atoms with E-state index in [2.05, 4.69) is 83.3 Å². The lowest BCUT2D eigenvalue weighted by Gasteiger charge is -2.34. The summed E-state index contributed by atoms with van der Waals surface area (Å²) in [7, 11) is 4.80. The number of amides is 4. The Hall–Kier alpha value is -6.65. The topological polar surface area (TPSA) is 182 Å². The number of nitrogens with zero attached hydrogens (tertiary/aromatic N) is 6. The van der Waals surface area contributed by atoms with Gasteiger partial charge in [-0.25, -0.2) is 10.4 Å². The second-order valence-corrected chi connectivity index (χ2v) is 18.3. The van der Waals surface area contributed by atoms with Gasteiger partial charge in [-0.2, -0.15) is 0 Å². The van der Waals surface area contributed by atoms with Gasteiger partial charge in [-0.15, -0.1) is 0 Å². The molecule has 67 heavy (non-hydrogen) atoms. The molecule has 4 amide bonds. The molecule has 5 aromatic rings. The molecule has 0 aliphatic carbocycles. The van der Waals surface area contributed by atoms with Gasteiger partial charge in [-0.05, 0) is 91.6 Å². The van der Waals surface area contributed by atoms with Gasteiger partial charge >= 0.3 is 0 Å². The number of carbonyl (C=O) groups excluding carboxylic acids is 5. The number of rotatable bonds is 20. The van der Waals surface area contributed by atoms with Gasteiger partial charge in [0.25, 0.3) is 18.3 Å². The molecule has 3 aromatic heterocycles. The Morgan fingerprint density at radius 2 is 1.79 bits per heavy atom. The number of fused-ring (bicyclic) bond motifs is 1.